The Hall–Kier alpha value is -1.45. The van der Waals surface area contributed by atoms with Crippen molar-refractivity contribution in [3.63, 3.8) is 0 Å². The van der Waals surface area contributed by atoms with Crippen molar-refractivity contribution in [2.75, 3.05) is 7.05 Å². The van der Waals surface area contributed by atoms with Gasteiger partial charge in [-0.3, -0.25) is 4.79 Å². The molecule has 0 aromatic carbocycles. The third-order valence-electron chi connectivity index (χ3n) is 2.76. The number of carbonyl (C=O) groups excluding carboxylic acids is 1. The van der Waals surface area contributed by atoms with Crippen molar-refractivity contribution in [3.8, 4) is 0 Å². The van der Waals surface area contributed by atoms with Crippen molar-refractivity contribution in [1.29, 1.82) is 0 Å². The topological polar surface area (TPSA) is 42.0 Å². The molecule has 18 heavy (non-hydrogen) atoms. The molecular weight excluding hydrogens is 231 g/mol. The van der Waals surface area contributed by atoms with Crippen LogP contribution in [0.3, 0.4) is 0 Å². The SMILES string of the molecule is CC.CCC(CC)c1cnc(C(=O)NC)c(F)c1. The number of carbonyl (C=O) groups is 1. The molecule has 102 valence electrons. The Morgan fingerprint density at radius 1 is 1.39 bits per heavy atom. The van der Waals surface area contributed by atoms with E-state index in [4.69, 9.17) is 0 Å². The van der Waals surface area contributed by atoms with E-state index >= 15 is 0 Å². The van der Waals surface area contributed by atoms with Crippen LogP contribution in [0, 0.1) is 5.82 Å². The van der Waals surface area contributed by atoms with E-state index in [2.05, 4.69) is 24.1 Å². The minimum absolute atomic E-state index is 0.141. The highest BCUT2D eigenvalue weighted by Crippen LogP contribution is 2.23. The van der Waals surface area contributed by atoms with Gasteiger partial charge in [-0.05, 0) is 30.4 Å². The summed E-state index contributed by atoms with van der Waals surface area (Å²) in [7, 11) is 1.46. The fourth-order valence-electron chi connectivity index (χ4n) is 1.72. The Kier molecular flexibility index (Phi) is 7.92. The number of hydrogen-bond donors (Lipinski definition) is 1. The molecule has 0 spiro atoms. The molecule has 1 heterocycles. The van der Waals surface area contributed by atoms with Crippen LogP contribution in [0.4, 0.5) is 4.39 Å². The molecule has 0 fully saturated rings. The van der Waals surface area contributed by atoms with E-state index < -0.39 is 11.7 Å². The Morgan fingerprint density at radius 3 is 2.33 bits per heavy atom. The number of rotatable bonds is 4. The number of nitrogens with zero attached hydrogens (tertiary/aromatic N) is 1. The van der Waals surface area contributed by atoms with Gasteiger partial charge in [-0.25, -0.2) is 9.37 Å². The summed E-state index contributed by atoms with van der Waals surface area (Å²) < 4.78 is 13.6. The maximum atomic E-state index is 13.6. The molecule has 3 nitrogen and oxygen atoms in total. The van der Waals surface area contributed by atoms with Crippen molar-refractivity contribution >= 4 is 5.91 Å². The molecule has 4 heteroatoms. The number of nitrogens with one attached hydrogen (secondary N) is 1. The zero-order chi connectivity index (χ0) is 14.1. The minimum atomic E-state index is -0.552. The quantitative estimate of drug-likeness (QED) is 0.893. The molecule has 0 aliphatic heterocycles. The van der Waals surface area contributed by atoms with Crippen LogP contribution in [0.5, 0.6) is 0 Å². The van der Waals surface area contributed by atoms with Gasteiger partial charge in [0.15, 0.2) is 11.5 Å². The van der Waals surface area contributed by atoms with E-state index in [9.17, 15) is 9.18 Å². The van der Waals surface area contributed by atoms with E-state index in [-0.39, 0.29) is 5.69 Å². The molecule has 1 aromatic rings. The third kappa shape index (κ3) is 4.09. The van der Waals surface area contributed by atoms with Gasteiger partial charge in [0.05, 0.1) is 0 Å². The van der Waals surface area contributed by atoms with Crippen molar-refractivity contribution in [1.82, 2.24) is 10.3 Å². The van der Waals surface area contributed by atoms with Gasteiger partial charge in [-0.1, -0.05) is 27.7 Å². The number of halogens is 1. The fraction of sp³-hybridized carbons (Fsp3) is 0.571. The predicted molar refractivity (Wildman–Crippen MR) is 72.3 cm³/mol. The first-order valence-corrected chi connectivity index (χ1v) is 6.51. The first-order chi connectivity index (χ1) is 8.63. The summed E-state index contributed by atoms with van der Waals surface area (Å²) in [5, 5.41) is 2.36. The van der Waals surface area contributed by atoms with E-state index in [0.717, 1.165) is 18.4 Å². The van der Waals surface area contributed by atoms with E-state index in [1.807, 2.05) is 13.8 Å². The molecule has 1 N–H and O–H groups in total. The molecule has 1 amide bonds. The van der Waals surface area contributed by atoms with Crippen LogP contribution in [-0.2, 0) is 0 Å². The average molecular weight is 254 g/mol. The van der Waals surface area contributed by atoms with Crippen molar-refractivity contribution in [2.24, 2.45) is 0 Å². The molecule has 0 saturated heterocycles. The average Bonchev–Trinajstić information content (AvgIpc) is 2.42. The molecule has 0 unspecified atom stereocenters. The normalized spacial score (nSPS) is 9.72. The Labute approximate surface area is 109 Å². The second kappa shape index (κ2) is 8.61. The summed E-state index contributed by atoms with van der Waals surface area (Å²) in [5.74, 6) is -0.738. The lowest BCUT2D eigenvalue weighted by Gasteiger charge is -2.12. The van der Waals surface area contributed by atoms with E-state index in [0.29, 0.717) is 5.92 Å². The van der Waals surface area contributed by atoms with Gasteiger partial charge in [-0.15, -0.1) is 0 Å². The molecule has 0 aliphatic rings. The Bertz CT molecular complexity index is 376. The van der Waals surface area contributed by atoms with Crippen LogP contribution in [0.15, 0.2) is 12.3 Å². The molecule has 0 atom stereocenters. The van der Waals surface area contributed by atoms with Crippen LogP contribution in [-0.4, -0.2) is 17.9 Å². The Balaban J connectivity index is 0.00000137. The summed E-state index contributed by atoms with van der Waals surface area (Å²) in [6, 6.07) is 1.41. The van der Waals surface area contributed by atoms with E-state index in [1.165, 1.54) is 13.1 Å². The van der Waals surface area contributed by atoms with Gasteiger partial charge in [-0.2, -0.15) is 0 Å². The van der Waals surface area contributed by atoms with Crippen LogP contribution in [0.25, 0.3) is 0 Å². The highest BCUT2D eigenvalue weighted by Gasteiger charge is 2.15. The van der Waals surface area contributed by atoms with Gasteiger partial charge in [0.2, 0.25) is 0 Å². The molecule has 0 saturated carbocycles. The van der Waals surface area contributed by atoms with Crippen molar-refractivity contribution < 1.29 is 9.18 Å². The maximum Gasteiger partial charge on any atom is 0.272 e. The smallest absolute Gasteiger partial charge is 0.272 e. The Morgan fingerprint density at radius 2 is 1.94 bits per heavy atom. The summed E-state index contributed by atoms with van der Waals surface area (Å²) >= 11 is 0. The number of aromatic nitrogens is 1. The van der Waals surface area contributed by atoms with Gasteiger partial charge >= 0.3 is 0 Å². The lowest BCUT2D eigenvalue weighted by Crippen LogP contribution is -2.21. The molecular formula is C14H23FN2O. The minimum Gasteiger partial charge on any atom is -0.354 e. The highest BCUT2D eigenvalue weighted by atomic mass is 19.1. The van der Waals surface area contributed by atoms with Crippen LogP contribution < -0.4 is 5.32 Å². The molecule has 1 rings (SSSR count). The molecule has 1 aromatic heterocycles. The number of pyridine rings is 1. The van der Waals surface area contributed by atoms with E-state index in [1.54, 1.807) is 6.20 Å². The monoisotopic (exact) mass is 254 g/mol. The molecule has 0 bridgehead atoms. The maximum absolute atomic E-state index is 13.6. The highest BCUT2D eigenvalue weighted by molar-refractivity contribution is 5.92. The first-order valence-electron chi connectivity index (χ1n) is 6.51. The van der Waals surface area contributed by atoms with Crippen LogP contribution in [0.1, 0.15) is 62.5 Å². The summed E-state index contributed by atoms with van der Waals surface area (Å²) in [6.07, 6.45) is 3.47. The lowest BCUT2D eigenvalue weighted by molar-refractivity contribution is 0.0953. The van der Waals surface area contributed by atoms with Gasteiger partial charge in [0.25, 0.3) is 5.91 Å². The second-order valence-corrected chi connectivity index (χ2v) is 3.69. The standard InChI is InChI=1S/C12H17FN2O.C2H6/c1-4-8(5-2)9-6-10(13)11(15-7-9)12(16)14-3;1-2/h6-8H,4-5H2,1-3H3,(H,14,16);1-2H3. The number of amides is 1. The lowest BCUT2D eigenvalue weighted by atomic mass is 9.95. The van der Waals surface area contributed by atoms with Crippen LogP contribution >= 0.6 is 0 Å². The van der Waals surface area contributed by atoms with Crippen molar-refractivity contribution in [3.05, 3.63) is 29.3 Å². The van der Waals surface area contributed by atoms with Crippen molar-refractivity contribution in [2.45, 2.75) is 46.5 Å². The molecule has 0 radical (unpaired) electrons. The largest absolute Gasteiger partial charge is 0.354 e. The zero-order valence-electron chi connectivity index (χ0n) is 11.9. The molecule has 0 aliphatic carbocycles. The summed E-state index contributed by atoms with van der Waals surface area (Å²) in [6.45, 7) is 8.11. The summed E-state index contributed by atoms with van der Waals surface area (Å²) in [4.78, 5) is 15.1. The van der Waals surface area contributed by atoms with Crippen LogP contribution in [0.2, 0.25) is 0 Å². The van der Waals surface area contributed by atoms with Gasteiger partial charge < -0.3 is 5.32 Å². The second-order valence-electron chi connectivity index (χ2n) is 3.69. The van der Waals surface area contributed by atoms with Gasteiger partial charge in [0.1, 0.15) is 0 Å². The first kappa shape index (κ1) is 16.6. The zero-order valence-corrected chi connectivity index (χ0v) is 11.9. The number of hydrogen-bond acceptors (Lipinski definition) is 2. The fourth-order valence-corrected chi connectivity index (χ4v) is 1.72. The summed E-state index contributed by atoms with van der Waals surface area (Å²) in [5.41, 5.74) is 0.715. The predicted octanol–water partition coefficient (Wildman–Crippen LogP) is 3.51. The van der Waals surface area contributed by atoms with Gasteiger partial charge in [0, 0.05) is 13.2 Å². The third-order valence-corrected chi connectivity index (χ3v) is 2.76.